The third-order valence-electron chi connectivity index (χ3n) is 3.54. The summed E-state index contributed by atoms with van der Waals surface area (Å²) in [6.45, 7) is 1.83. The molecular formula is C17H16FN3O2. The maximum Gasteiger partial charge on any atom is 0.217 e. The van der Waals surface area contributed by atoms with Crippen LogP contribution in [0.4, 0.5) is 4.39 Å². The molecule has 1 amide bonds. The lowest BCUT2D eigenvalue weighted by atomic mass is 10.1. The first kappa shape index (κ1) is 15.0. The number of methoxy groups -OCH3 is 1. The quantitative estimate of drug-likeness (QED) is 0.778. The lowest BCUT2D eigenvalue weighted by molar-refractivity contribution is -0.119. The molecule has 0 aliphatic rings. The lowest BCUT2D eigenvalue weighted by Gasteiger charge is -2.04. The van der Waals surface area contributed by atoms with E-state index in [0.29, 0.717) is 23.6 Å². The molecule has 1 aromatic carbocycles. The second-order valence-electron chi connectivity index (χ2n) is 5.21. The van der Waals surface area contributed by atoms with Crippen LogP contribution in [0.5, 0.6) is 5.75 Å². The van der Waals surface area contributed by atoms with E-state index in [2.05, 4.69) is 15.3 Å². The SMILES string of the molecule is COc1ccc(-c2cc3[nH]c(CNC(C)=O)cc3cc2F)nc1. The highest BCUT2D eigenvalue weighted by Crippen LogP contribution is 2.27. The standard InChI is InChI=1S/C17H16FN3O2/c1-10(22)19-8-12-5-11-6-15(18)14(7-17(11)21-12)16-4-3-13(23-2)9-20-16/h3-7,9,21H,8H2,1-2H3,(H,19,22). The minimum absolute atomic E-state index is 0.113. The summed E-state index contributed by atoms with van der Waals surface area (Å²) in [6, 6.07) is 8.45. The van der Waals surface area contributed by atoms with Crippen LogP contribution < -0.4 is 10.1 Å². The number of amides is 1. The van der Waals surface area contributed by atoms with Gasteiger partial charge >= 0.3 is 0 Å². The van der Waals surface area contributed by atoms with E-state index in [1.54, 1.807) is 31.5 Å². The zero-order valence-corrected chi connectivity index (χ0v) is 12.8. The van der Waals surface area contributed by atoms with Crippen molar-refractivity contribution in [2.24, 2.45) is 0 Å². The van der Waals surface area contributed by atoms with Gasteiger partial charge in [-0.2, -0.15) is 0 Å². The number of nitrogens with zero attached hydrogens (tertiary/aromatic N) is 1. The van der Waals surface area contributed by atoms with Gasteiger partial charge in [0, 0.05) is 29.1 Å². The van der Waals surface area contributed by atoms with Crippen molar-refractivity contribution in [3.63, 3.8) is 0 Å². The van der Waals surface area contributed by atoms with E-state index < -0.39 is 0 Å². The molecule has 118 valence electrons. The highest BCUT2D eigenvalue weighted by Gasteiger charge is 2.11. The van der Waals surface area contributed by atoms with E-state index in [0.717, 1.165) is 16.6 Å². The van der Waals surface area contributed by atoms with E-state index in [9.17, 15) is 9.18 Å². The maximum absolute atomic E-state index is 14.4. The fourth-order valence-corrected chi connectivity index (χ4v) is 2.38. The number of aromatic amines is 1. The third kappa shape index (κ3) is 3.15. The number of hydrogen-bond donors (Lipinski definition) is 2. The van der Waals surface area contributed by atoms with Gasteiger partial charge in [0.25, 0.3) is 0 Å². The second-order valence-corrected chi connectivity index (χ2v) is 5.21. The molecule has 0 aliphatic carbocycles. The van der Waals surface area contributed by atoms with Crippen molar-refractivity contribution >= 4 is 16.8 Å². The lowest BCUT2D eigenvalue weighted by Crippen LogP contribution is -2.18. The number of hydrogen-bond acceptors (Lipinski definition) is 3. The Morgan fingerprint density at radius 2 is 2.17 bits per heavy atom. The number of aromatic nitrogens is 2. The van der Waals surface area contributed by atoms with E-state index in [1.807, 2.05) is 6.07 Å². The van der Waals surface area contributed by atoms with Crippen molar-refractivity contribution in [1.29, 1.82) is 0 Å². The van der Waals surface area contributed by atoms with Gasteiger partial charge in [0.1, 0.15) is 11.6 Å². The molecule has 0 radical (unpaired) electrons. The summed E-state index contributed by atoms with van der Waals surface area (Å²) in [5.74, 6) is 0.158. The van der Waals surface area contributed by atoms with Crippen LogP contribution in [-0.4, -0.2) is 23.0 Å². The summed E-state index contributed by atoms with van der Waals surface area (Å²) in [5, 5.41) is 3.46. The molecule has 0 spiro atoms. The van der Waals surface area contributed by atoms with Crippen molar-refractivity contribution in [3.05, 3.63) is 48.0 Å². The summed E-state index contributed by atoms with van der Waals surface area (Å²) in [6.07, 6.45) is 1.55. The molecule has 5 nitrogen and oxygen atoms in total. The number of carbonyl (C=O) groups is 1. The molecule has 0 atom stereocenters. The number of halogens is 1. The van der Waals surface area contributed by atoms with Crippen LogP contribution in [0.25, 0.3) is 22.2 Å². The Balaban J connectivity index is 1.97. The van der Waals surface area contributed by atoms with Gasteiger partial charge < -0.3 is 15.0 Å². The van der Waals surface area contributed by atoms with Gasteiger partial charge in [0.15, 0.2) is 0 Å². The first-order valence-corrected chi connectivity index (χ1v) is 7.13. The molecule has 6 heteroatoms. The fraction of sp³-hybridized carbons (Fsp3) is 0.176. The van der Waals surface area contributed by atoms with Crippen LogP contribution in [0.2, 0.25) is 0 Å². The van der Waals surface area contributed by atoms with Crippen LogP contribution in [0.1, 0.15) is 12.6 Å². The Morgan fingerprint density at radius 3 is 2.83 bits per heavy atom. The first-order chi connectivity index (χ1) is 11.1. The monoisotopic (exact) mass is 313 g/mol. The molecule has 0 saturated heterocycles. The van der Waals surface area contributed by atoms with Gasteiger partial charge in [0.2, 0.25) is 5.91 Å². The predicted molar refractivity (Wildman–Crippen MR) is 85.6 cm³/mol. The molecule has 0 fully saturated rings. The van der Waals surface area contributed by atoms with Crippen molar-refractivity contribution < 1.29 is 13.9 Å². The van der Waals surface area contributed by atoms with Crippen LogP contribution in [-0.2, 0) is 11.3 Å². The normalized spacial score (nSPS) is 10.7. The van der Waals surface area contributed by atoms with Crippen molar-refractivity contribution in [2.45, 2.75) is 13.5 Å². The highest BCUT2D eigenvalue weighted by molar-refractivity contribution is 5.85. The number of benzene rings is 1. The molecule has 0 aliphatic heterocycles. The molecule has 3 aromatic rings. The van der Waals surface area contributed by atoms with E-state index in [4.69, 9.17) is 4.74 Å². The van der Waals surface area contributed by atoms with Crippen LogP contribution in [0, 0.1) is 5.82 Å². The summed E-state index contributed by atoms with van der Waals surface area (Å²) in [7, 11) is 1.55. The van der Waals surface area contributed by atoms with Crippen molar-refractivity contribution in [1.82, 2.24) is 15.3 Å². The van der Waals surface area contributed by atoms with E-state index in [1.165, 1.54) is 13.0 Å². The molecule has 0 unspecified atom stereocenters. The molecule has 2 aromatic heterocycles. The fourth-order valence-electron chi connectivity index (χ4n) is 2.38. The topological polar surface area (TPSA) is 67.0 Å². The number of H-pyrrole nitrogens is 1. The highest BCUT2D eigenvalue weighted by atomic mass is 19.1. The number of ether oxygens (including phenoxy) is 1. The minimum atomic E-state index is -0.347. The van der Waals surface area contributed by atoms with Crippen LogP contribution in [0.15, 0.2) is 36.5 Å². The largest absolute Gasteiger partial charge is 0.495 e. The van der Waals surface area contributed by atoms with Crippen molar-refractivity contribution in [3.8, 4) is 17.0 Å². The zero-order valence-electron chi connectivity index (χ0n) is 12.8. The van der Waals surface area contributed by atoms with E-state index in [-0.39, 0.29) is 11.7 Å². The smallest absolute Gasteiger partial charge is 0.217 e. The number of pyridine rings is 1. The summed E-state index contributed by atoms with van der Waals surface area (Å²) in [5.41, 5.74) is 2.55. The summed E-state index contributed by atoms with van der Waals surface area (Å²) < 4.78 is 19.4. The molecular weight excluding hydrogens is 297 g/mol. The molecule has 3 rings (SSSR count). The van der Waals surface area contributed by atoms with Crippen molar-refractivity contribution in [2.75, 3.05) is 7.11 Å². The zero-order chi connectivity index (χ0) is 16.4. The van der Waals surface area contributed by atoms with Gasteiger partial charge in [-0.15, -0.1) is 0 Å². The number of rotatable bonds is 4. The number of nitrogens with one attached hydrogen (secondary N) is 2. The third-order valence-corrected chi connectivity index (χ3v) is 3.54. The summed E-state index contributed by atoms with van der Waals surface area (Å²) >= 11 is 0. The predicted octanol–water partition coefficient (Wildman–Crippen LogP) is 3.01. The minimum Gasteiger partial charge on any atom is -0.495 e. The van der Waals surface area contributed by atoms with Gasteiger partial charge in [-0.1, -0.05) is 0 Å². The maximum atomic E-state index is 14.4. The Hall–Kier alpha value is -2.89. The summed E-state index contributed by atoms with van der Waals surface area (Å²) in [4.78, 5) is 18.4. The number of carbonyl (C=O) groups excluding carboxylic acids is 1. The average molecular weight is 313 g/mol. The molecule has 0 saturated carbocycles. The molecule has 23 heavy (non-hydrogen) atoms. The Labute approximate surface area is 132 Å². The molecule has 2 N–H and O–H groups in total. The second kappa shape index (κ2) is 6.08. The first-order valence-electron chi connectivity index (χ1n) is 7.13. The number of fused-ring (bicyclic) bond motifs is 1. The van der Waals surface area contributed by atoms with Crippen LogP contribution in [0.3, 0.4) is 0 Å². The Morgan fingerprint density at radius 1 is 1.35 bits per heavy atom. The Kier molecular flexibility index (Phi) is 3.97. The van der Waals surface area contributed by atoms with Gasteiger partial charge in [-0.25, -0.2) is 4.39 Å². The van der Waals surface area contributed by atoms with Gasteiger partial charge in [0.05, 0.1) is 25.5 Å². The molecule has 2 heterocycles. The van der Waals surface area contributed by atoms with Crippen LogP contribution >= 0.6 is 0 Å². The average Bonchev–Trinajstić information content (AvgIpc) is 2.94. The van der Waals surface area contributed by atoms with Gasteiger partial charge in [-0.3, -0.25) is 9.78 Å². The Bertz CT molecular complexity index is 856. The van der Waals surface area contributed by atoms with E-state index >= 15 is 0 Å². The van der Waals surface area contributed by atoms with Gasteiger partial charge in [-0.05, 0) is 30.3 Å². The molecule has 0 bridgehead atoms.